The van der Waals surface area contributed by atoms with Gasteiger partial charge in [0.15, 0.2) is 0 Å². The van der Waals surface area contributed by atoms with Crippen LogP contribution in [-0.4, -0.2) is 11.5 Å². The van der Waals surface area contributed by atoms with E-state index in [2.05, 4.69) is 39.2 Å². The van der Waals surface area contributed by atoms with E-state index >= 15 is 0 Å². The predicted octanol–water partition coefficient (Wildman–Crippen LogP) is 4.36. The summed E-state index contributed by atoms with van der Waals surface area (Å²) in [7, 11) is 0. The lowest BCUT2D eigenvalue weighted by atomic mass is 10.2. The summed E-state index contributed by atoms with van der Waals surface area (Å²) in [4.78, 5) is 4.41. The van der Waals surface area contributed by atoms with Crippen molar-refractivity contribution in [3.8, 4) is 11.6 Å². The van der Waals surface area contributed by atoms with E-state index < -0.39 is 0 Å². The Morgan fingerprint density at radius 3 is 2.70 bits per heavy atom. The quantitative estimate of drug-likeness (QED) is 0.881. The first-order valence-electron chi connectivity index (χ1n) is 6.70. The summed E-state index contributed by atoms with van der Waals surface area (Å²) >= 11 is 3.52. The summed E-state index contributed by atoms with van der Waals surface area (Å²) in [5, 5.41) is 3.29. The zero-order valence-corrected chi connectivity index (χ0v) is 13.6. The highest BCUT2D eigenvalue weighted by Crippen LogP contribution is 2.30. The van der Waals surface area contributed by atoms with Gasteiger partial charge in [-0.2, -0.15) is 0 Å². The minimum absolute atomic E-state index is 0.648. The van der Waals surface area contributed by atoms with Gasteiger partial charge >= 0.3 is 0 Å². The minimum atomic E-state index is 0.648. The summed E-state index contributed by atoms with van der Waals surface area (Å²) in [5.41, 5.74) is 3.39. The van der Waals surface area contributed by atoms with E-state index in [4.69, 9.17) is 4.74 Å². The molecule has 106 valence electrons. The molecule has 1 N–H and O–H groups in total. The molecule has 20 heavy (non-hydrogen) atoms. The molecule has 0 aliphatic heterocycles. The molecule has 0 spiro atoms. The number of pyridine rings is 1. The number of benzene rings is 1. The van der Waals surface area contributed by atoms with Crippen molar-refractivity contribution in [1.29, 1.82) is 0 Å². The van der Waals surface area contributed by atoms with Crippen LogP contribution in [0.1, 0.15) is 23.6 Å². The average molecular weight is 335 g/mol. The Kier molecular flexibility index (Phi) is 5.15. The van der Waals surface area contributed by atoms with Crippen LogP contribution in [0.2, 0.25) is 0 Å². The van der Waals surface area contributed by atoms with E-state index in [1.807, 2.05) is 38.2 Å². The van der Waals surface area contributed by atoms with Crippen molar-refractivity contribution in [2.45, 2.75) is 27.3 Å². The van der Waals surface area contributed by atoms with Crippen LogP contribution in [0.4, 0.5) is 0 Å². The van der Waals surface area contributed by atoms with Crippen molar-refractivity contribution in [1.82, 2.24) is 10.3 Å². The number of hydrogen-bond donors (Lipinski definition) is 1. The van der Waals surface area contributed by atoms with Gasteiger partial charge in [-0.3, -0.25) is 0 Å². The lowest BCUT2D eigenvalue weighted by Crippen LogP contribution is -2.12. The van der Waals surface area contributed by atoms with Gasteiger partial charge in [-0.1, -0.05) is 13.0 Å². The summed E-state index contributed by atoms with van der Waals surface area (Å²) < 4.78 is 6.82. The van der Waals surface area contributed by atoms with E-state index in [0.29, 0.717) is 5.88 Å². The first-order valence-corrected chi connectivity index (χ1v) is 7.49. The summed E-state index contributed by atoms with van der Waals surface area (Å²) in [5.74, 6) is 1.43. The van der Waals surface area contributed by atoms with Crippen molar-refractivity contribution in [2.75, 3.05) is 6.54 Å². The van der Waals surface area contributed by atoms with Crippen molar-refractivity contribution in [3.63, 3.8) is 0 Å². The summed E-state index contributed by atoms with van der Waals surface area (Å²) in [6, 6.07) is 8.11. The Balaban J connectivity index is 2.17. The molecule has 0 saturated heterocycles. The highest BCUT2D eigenvalue weighted by atomic mass is 79.9. The third kappa shape index (κ3) is 3.81. The van der Waals surface area contributed by atoms with Crippen molar-refractivity contribution < 1.29 is 4.74 Å². The fourth-order valence-corrected chi connectivity index (χ4v) is 2.46. The smallest absolute Gasteiger partial charge is 0.222 e. The van der Waals surface area contributed by atoms with E-state index in [0.717, 1.165) is 28.9 Å². The number of aromatic nitrogens is 1. The number of halogens is 1. The van der Waals surface area contributed by atoms with Gasteiger partial charge in [0.25, 0.3) is 0 Å². The van der Waals surface area contributed by atoms with E-state index in [1.54, 1.807) is 0 Å². The third-order valence-electron chi connectivity index (χ3n) is 2.96. The first kappa shape index (κ1) is 15.0. The zero-order valence-electron chi connectivity index (χ0n) is 12.0. The second kappa shape index (κ2) is 6.86. The van der Waals surface area contributed by atoms with Gasteiger partial charge in [0.1, 0.15) is 5.75 Å². The topological polar surface area (TPSA) is 34.2 Å². The van der Waals surface area contributed by atoms with E-state index in [9.17, 15) is 0 Å². The zero-order chi connectivity index (χ0) is 14.5. The predicted molar refractivity (Wildman–Crippen MR) is 85.3 cm³/mol. The van der Waals surface area contributed by atoms with Crippen LogP contribution in [0.5, 0.6) is 11.6 Å². The summed E-state index contributed by atoms with van der Waals surface area (Å²) in [6.45, 7) is 7.94. The lowest BCUT2D eigenvalue weighted by Gasteiger charge is -2.11. The molecule has 2 rings (SSSR count). The Bertz CT molecular complexity index is 599. The normalized spacial score (nSPS) is 10.6. The maximum atomic E-state index is 5.88. The lowest BCUT2D eigenvalue weighted by molar-refractivity contribution is 0.455. The Hall–Kier alpha value is -1.39. The second-order valence-electron chi connectivity index (χ2n) is 4.78. The Morgan fingerprint density at radius 2 is 2.05 bits per heavy atom. The Morgan fingerprint density at radius 1 is 1.25 bits per heavy atom. The Labute approximate surface area is 128 Å². The maximum Gasteiger partial charge on any atom is 0.222 e. The molecule has 0 bridgehead atoms. The highest BCUT2D eigenvalue weighted by Gasteiger charge is 2.07. The molecular weight excluding hydrogens is 316 g/mol. The molecule has 4 heteroatoms. The fourth-order valence-electron chi connectivity index (χ4n) is 1.89. The van der Waals surface area contributed by atoms with Crippen LogP contribution in [-0.2, 0) is 6.54 Å². The molecular formula is C16H19BrN2O. The first-order chi connectivity index (χ1) is 9.60. The number of ether oxygens (including phenoxy) is 1. The number of hydrogen-bond acceptors (Lipinski definition) is 3. The van der Waals surface area contributed by atoms with Crippen LogP contribution in [0, 0.1) is 13.8 Å². The van der Waals surface area contributed by atoms with Crippen LogP contribution in [0.3, 0.4) is 0 Å². The number of rotatable bonds is 5. The number of nitrogens with one attached hydrogen (secondary N) is 1. The molecule has 1 heterocycles. The third-order valence-corrected chi connectivity index (χ3v) is 3.58. The van der Waals surface area contributed by atoms with Gasteiger partial charge in [0.05, 0.1) is 4.47 Å². The van der Waals surface area contributed by atoms with Gasteiger partial charge in [0, 0.05) is 18.3 Å². The summed E-state index contributed by atoms with van der Waals surface area (Å²) in [6.07, 6.45) is 1.85. The molecule has 3 nitrogen and oxygen atoms in total. The molecule has 0 fully saturated rings. The van der Waals surface area contributed by atoms with Crippen LogP contribution < -0.4 is 10.1 Å². The second-order valence-corrected chi connectivity index (χ2v) is 5.64. The average Bonchev–Trinajstić information content (AvgIpc) is 2.42. The molecule has 2 aromatic rings. The molecule has 0 atom stereocenters. The standard InChI is InChI=1S/C16H19BrN2O/c1-4-18-9-13-8-12(3)16(19-10-13)20-15-6-5-11(2)7-14(15)17/h5-8,10,18H,4,9H2,1-3H3. The highest BCUT2D eigenvalue weighted by molar-refractivity contribution is 9.10. The number of nitrogens with zero attached hydrogens (tertiary/aromatic N) is 1. The maximum absolute atomic E-state index is 5.88. The van der Waals surface area contributed by atoms with E-state index in [-0.39, 0.29) is 0 Å². The minimum Gasteiger partial charge on any atom is -0.438 e. The SMILES string of the molecule is CCNCc1cnc(Oc2ccc(C)cc2Br)c(C)c1. The number of aryl methyl sites for hydroxylation is 2. The van der Waals surface area contributed by atoms with Crippen molar-refractivity contribution in [3.05, 3.63) is 51.6 Å². The van der Waals surface area contributed by atoms with Gasteiger partial charge in [-0.15, -0.1) is 0 Å². The molecule has 0 unspecified atom stereocenters. The van der Waals surface area contributed by atoms with Gasteiger partial charge in [-0.25, -0.2) is 4.98 Å². The molecule has 0 radical (unpaired) electrons. The fraction of sp³-hybridized carbons (Fsp3) is 0.312. The van der Waals surface area contributed by atoms with Gasteiger partial charge in [0.2, 0.25) is 5.88 Å². The van der Waals surface area contributed by atoms with Gasteiger partial charge in [-0.05, 0) is 65.6 Å². The molecule has 0 saturated carbocycles. The molecule has 1 aromatic heterocycles. The molecule has 0 amide bonds. The van der Waals surface area contributed by atoms with Crippen molar-refractivity contribution >= 4 is 15.9 Å². The van der Waals surface area contributed by atoms with Crippen LogP contribution in [0.25, 0.3) is 0 Å². The van der Waals surface area contributed by atoms with Crippen molar-refractivity contribution in [2.24, 2.45) is 0 Å². The van der Waals surface area contributed by atoms with Crippen LogP contribution >= 0.6 is 15.9 Å². The largest absolute Gasteiger partial charge is 0.438 e. The molecule has 1 aromatic carbocycles. The monoisotopic (exact) mass is 334 g/mol. The van der Waals surface area contributed by atoms with Crippen LogP contribution in [0.15, 0.2) is 34.9 Å². The van der Waals surface area contributed by atoms with E-state index in [1.165, 1.54) is 11.1 Å². The molecule has 0 aliphatic carbocycles. The molecule has 0 aliphatic rings. The van der Waals surface area contributed by atoms with Gasteiger partial charge < -0.3 is 10.1 Å².